The summed E-state index contributed by atoms with van der Waals surface area (Å²) >= 11 is 0. The number of ether oxygens (including phenoxy) is 1. The summed E-state index contributed by atoms with van der Waals surface area (Å²) in [5.41, 5.74) is 4.08. The van der Waals surface area contributed by atoms with Crippen LogP contribution < -0.4 is 15.8 Å². The highest BCUT2D eigenvalue weighted by atomic mass is 16.5. The van der Waals surface area contributed by atoms with Crippen LogP contribution in [0, 0.1) is 6.92 Å². The SMILES string of the molecule is Cc1cc(=O)oc2cc(OCC(=O)NN=Cc3cccn3C)ccc12. The Hall–Kier alpha value is -3.35. The molecule has 0 aliphatic heterocycles. The molecule has 0 aliphatic carbocycles. The van der Waals surface area contributed by atoms with Gasteiger partial charge in [0.05, 0.1) is 11.9 Å². The van der Waals surface area contributed by atoms with E-state index in [-0.39, 0.29) is 6.61 Å². The first kappa shape index (κ1) is 16.5. The number of hydrogen-bond acceptors (Lipinski definition) is 5. The van der Waals surface area contributed by atoms with Gasteiger partial charge in [-0.05, 0) is 36.8 Å². The summed E-state index contributed by atoms with van der Waals surface area (Å²) in [6.45, 7) is 1.63. The molecular formula is C18H17N3O4. The van der Waals surface area contributed by atoms with Gasteiger partial charge < -0.3 is 13.7 Å². The average molecular weight is 339 g/mol. The van der Waals surface area contributed by atoms with Gasteiger partial charge in [-0.15, -0.1) is 0 Å². The summed E-state index contributed by atoms with van der Waals surface area (Å²) in [5, 5.41) is 4.70. The molecule has 1 N–H and O–H groups in total. The van der Waals surface area contributed by atoms with Crippen LogP contribution in [0.1, 0.15) is 11.3 Å². The fraction of sp³-hybridized carbons (Fsp3) is 0.167. The lowest BCUT2D eigenvalue weighted by molar-refractivity contribution is -0.123. The second kappa shape index (κ2) is 7.04. The summed E-state index contributed by atoms with van der Waals surface area (Å²) in [6.07, 6.45) is 3.43. The Kier molecular flexibility index (Phi) is 4.65. The van der Waals surface area contributed by atoms with Crippen LogP contribution in [0.4, 0.5) is 0 Å². The van der Waals surface area contributed by atoms with Crippen molar-refractivity contribution in [3.8, 4) is 5.75 Å². The monoisotopic (exact) mass is 339 g/mol. The number of hydrazone groups is 1. The minimum atomic E-state index is -0.421. The van der Waals surface area contributed by atoms with Gasteiger partial charge in [-0.3, -0.25) is 4.79 Å². The van der Waals surface area contributed by atoms with Gasteiger partial charge in [0.15, 0.2) is 6.61 Å². The molecule has 0 spiro atoms. The van der Waals surface area contributed by atoms with Gasteiger partial charge in [0.1, 0.15) is 11.3 Å². The molecule has 0 fully saturated rings. The van der Waals surface area contributed by atoms with Gasteiger partial charge in [0.25, 0.3) is 5.91 Å². The number of carbonyl (C=O) groups excluding carboxylic acids is 1. The quantitative estimate of drug-likeness (QED) is 0.437. The van der Waals surface area contributed by atoms with E-state index in [2.05, 4.69) is 10.5 Å². The maximum Gasteiger partial charge on any atom is 0.336 e. The zero-order chi connectivity index (χ0) is 17.8. The average Bonchev–Trinajstić information content (AvgIpc) is 2.97. The summed E-state index contributed by atoms with van der Waals surface area (Å²) < 4.78 is 12.4. The largest absolute Gasteiger partial charge is 0.484 e. The lowest BCUT2D eigenvalue weighted by Gasteiger charge is -2.06. The predicted molar refractivity (Wildman–Crippen MR) is 93.9 cm³/mol. The van der Waals surface area contributed by atoms with Gasteiger partial charge in [-0.2, -0.15) is 5.10 Å². The van der Waals surface area contributed by atoms with E-state index < -0.39 is 11.5 Å². The standard InChI is InChI=1S/C18H17N3O4/c1-12-8-18(23)25-16-9-14(5-6-15(12)16)24-11-17(22)20-19-10-13-4-3-7-21(13)2/h3-10H,11H2,1-2H3,(H,20,22). The molecule has 3 rings (SSSR count). The Morgan fingerprint density at radius 1 is 1.36 bits per heavy atom. The van der Waals surface area contributed by atoms with Crippen molar-refractivity contribution in [2.75, 3.05) is 6.61 Å². The van der Waals surface area contributed by atoms with E-state index in [1.807, 2.05) is 36.9 Å². The van der Waals surface area contributed by atoms with Crippen LogP contribution in [0.5, 0.6) is 5.75 Å². The molecule has 1 aromatic carbocycles. The molecule has 0 bridgehead atoms. The lowest BCUT2D eigenvalue weighted by Crippen LogP contribution is -2.24. The van der Waals surface area contributed by atoms with Crippen LogP contribution >= 0.6 is 0 Å². The van der Waals surface area contributed by atoms with Crippen molar-refractivity contribution < 1.29 is 13.9 Å². The van der Waals surface area contributed by atoms with Crippen LogP contribution in [0.15, 0.2) is 56.9 Å². The predicted octanol–water partition coefficient (Wildman–Crippen LogP) is 1.97. The lowest BCUT2D eigenvalue weighted by atomic mass is 10.1. The Labute approximate surface area is 143 Å². The second-order valence-corrected chi connectivity index (χ2v) is 5.53. The number of carbonyl (C=O) groups is 1. The molecule has 0 unspecified atom stereocenters. The minimum absolute atomic E-state index is 0.202. The molecule has 1 amide bonds. The van der Waals surface area contributed by atoms with Crippen molar-refractivity contribution >= 4 is 23.1 Å². The Bertz CT molecular complexity index is 1000. The Balaban J connectivity index is 1.60. The first-order chi connectivity index (χ1) is 12.0. The van der Waals surface area contributed by atoms with Crippen LogP contribution in [0.25, 0.3) is 11.0 Å². The molecule has 7 heteroatoms. The topological polar surface area (TPSA) is 85.8 Å². The number of hydrogen-bond donors (Lipinski definition) is 1. The summed E-state index contributed by atoms with van der Waals surface area (Å²) in [4.78, 5) is 23.2. The number of nitrogens with one attached hydrogen (secondary N) is 1. The Morgan fingerprint density at radius 2 is 2.20 bits per heavy atom. The summed E-state index contributed by atoms with van der Waals surface area (Å²) in [7, 11) is 1.88. The van der Waals surface area contributed by atoms with E-state index in [9.17, 15) is 9.59 Å². The van der Waals surface area contributed by atoms with E-state index >= 15 is 0 Å². The normalized spacial score (nSPS) is 11.1. The number of benzene rings is 1. The highest BCUT2D eigenvalue weighted by Crippen LogP contribution is 2.22. The third-order valence-electron chi connectivity index (χ3n) is 3.66. The van der Waals surface area contributed by atoms with Gasteiger partial charge in [-0.1, -0.05) is 0 Å². The number of aryl methyl sites for hydroxylation is 2. The highest BCUT2D eigenvalue weighted by Gasteiger charge is 2.06. The van der Waals surface area contributed by atoms with E-state index in [4.69, 9.17) is 9.15 Å². The number of amides is 1. The zero-order valence-corrected chi connectivity index (χ0v) is 13.9. The fourth-order valence-electron chi connectivity index (χ4n) is 2.36. The van der Waals surface area contributed by atoms with Crippen molar-refractivity contribution in [3.05, 3.63) is 64.3 Å². The van der Waals surface area contributed by atoms with Crippen molar-refractivity contribution in [2.24, 2.45) is 12.1 Å². The molecule has 0 radical (unpaired) electrons. The van der Waals surface area contributed by atoms with E-state index in [0.29, 0.717) is 11.3 Å². The van der Waals surface area contributed by atoms with Gasteiger partial charge in [-0.25, -0.2) is 10.2 Å². The maximum atomic E-state index is 11.8. The molecule has 3 aromatic rings. The first-order valence-corrected chi connectivity index (χ1v) is 7.63. The highest BCUT2D eigenvalue weighted by molar-refractivity contribution is 5.83. The second-order valence-electron chi connectivity index (χ2n) is 5.53. The molecule has 128 valence electrons. The van der Waals surface area contributed by atoms with Crippen molar-refractivity contribution in [3.63, 3.8) is 0 Å². The van der Waals surface area contributed by atoms with E-state index in [1.165, 1.54) is 6.07 Å². The number of nitrogens with zero attached hydrogens (tertiary/aromatic N) is 2. The molecule has 2 heterocycles. The van der Waals surface area contributed by atoms with Crippen molar-refractivity contribution in [1.29, 1.82) is 0 Å². The molecular weight excluding hydrogens is 322 g/mol. The third kappa shape index (κ3) is 3.95. The Morgan fingerprint density at radius 3 is 2.96 bits per heavy atom. The van der Waals surface area contributed by atoms with Crippen molar-refractivity contribution in [2.45, 2.75) is 6.92 Å². The minimum Gasteiger partial charge on any atom is -0.484 e. The van der Waals surface area contributed by atoms with Gasteiger partial charge in [0, 0.05) is 30.8 Å². The number of fused-ring (bicyclic) bond motifs is 1. The molecule has 2 aromatic heterocycles. The van der Waals surface area contributed by atoms with Crippen LogP contribution in [0.2, 0.25) is 0 Å². The van der Waals surface area contributed by atoms with E-state index in [1.54, 1.807) is 24.4 Å². The molecule has 7 nitrogen and oxygen atoms in total. The molecule has 0 saturated heterocycles. The molecule has 25 heavy (non-hydrogen) atoms. The maximum absolute atomic E-state index is 11.8. The molecule has 0 aliphatic rings. The third-order valence-corrected chi connectivity index (χ3v) is 3.66. The zero-order valence-electron chi connectivity index (χ0n) is 13.9. The smallest absolute Gasteiger partial charge is 0.336 e. The van der Waals surface area contributed by atoms with Crippen LogP contribution in [-0.2, 0) is 11.8 Å². The van der Waals surface area contributed by atoms with E-state index in [0.717, 1.165) is 16.6 Å². The molecule has 0 saturated carbocycles. The number of aromatic nitrogens is 1. The summed E-state index contributed by atoms with van der Waals surface area (Å²) in [6, 6.07) is 10.3. The number of rotatable bonds is 5. The fourth-order valence-corrected chi connectivity index (χ4v) is 2.36. The van der Waals surface area contributed by atoms with Gasteiger partial charge >= 0.3 is 5.63 Å². The first-order valence-electron chi connectivity index (χ1n) is 7.63. The van der Waals surface area contributed by atoms with Crippen LogP contribution in [-0.4, -0.2) is 23.3 Å². The summed E-state index contributed by atoms with van der Waals surface area (Å²) in [5.74, 6) is 0.0408. The molecule has 0 atom stereocenters. The van der Waals surface area contributed by atoms with Crippen LogP contribution in [0.3, 0.4) is 0 Å². The van der Waals surface area contributed by atoms with Gasteiger partial charge in [0.2, 0.25) is 0 Å². The van der Waals surface area contributed by atoms with Crippen molar-refractivity contribution in [1.82, 2.24) is 9.99 Å².